The second kappa shape index (κ2) is 6.98. The summed E-state index contributed by atoms with van der Waals surface area (Å²) in [7, 11) is -3.67. The van der Waals surface area contributed by atoms with Gasteiger partial charge in [-0.05, 0) is 13.3 Å². The molecule has 0 aliphatic heterocycles. The lowest BCUT2D eigenvalue weighted by Crippen LogP contribution is -2.01. The maximum absolute atomic E-state index is 9.79. The minimum Gasteiger partial charge on any atom is -0.397 e. The first-order valence-corrected chi connectivity index (χ1v) is 4.64. The first-order chi connectivity index (χ1) is 4.47. The largest absolute Gasteiger partial charge is 0.397 e. The predicted molar refractivity (Wildman–Crippen MR) is 39.5 cm³/mol. The molecule has 0 aromatic rings. The van der Waals surface area contributed by atoms with E-state index in [1.54, 1.807) is 13.8 Å². The molecule has 0 saturated heterocycles. The average Bonchev–Trinajstić information content (AvgIpc) is 1.63. The van der Waals surface area contributed by atoms with E-state index in [4.69, 9.17) is 9.66 Å². The molecule has 0 amide bonds. The van der Waals surface area contributed by atoms with E-state index in [-0.39, 0.29) is 12.4 Å². The molecule has 4 nitrogen and oxygen atoms in total. The van der Waals surface area contributed by atoms with Crippen LogP contribution in [0.3, 0.4) is 0 Å². The number of aliphatic hydroxyl groups excluding tert-OH is 1. The molecule has 0 aromatic heterocycles. The maximum atomic E-state index is 9.79. The summed E-state index contributed by atoms with van der Waals surface area (Å²) in [4.78, 5) is 0. The quantitative estimate of drug-likeness (QED) is 0.584. The van der Waals surface area contributed by atoms with Crippen LogP contribution in [-0.4, -0.2) is 30.4 Å². The molecule has 0 atom stereocenters. The van der Waals surface area contributed by atoms with Gasteiger partial charge >= 0.3 is 0 Å². The number of hydrogen-bond acceptors (Lipinski definition) is 3. The molecular weight excluding hydrogens is 156 g/mol. The van der Waals surface area contributed by atoms with Gasteiger partial charge < -0.3 is 5.11 Å². The van der Waals surface area contributed by atoms with E-state index >= 15 is 0 Å². The third-order valence-corrected chi connectivity index (χ3v) is 1.39. The normalized spacial score (nSPS) is 10.0. The topological polar surface area (TPSA) is 74.6 Å². The van der Waals surface area contributed by atoms with Crippen LogP contribution in [-0.2, 0) is 10.1 Å². The molecule has 0 aliphatic rings. The fourth-order valence-corrected chi connectivity index (χ4v) is 0.774. The summed E-state index contributed by atoms with van der Waals surface area (Å²) in [6, 6.07) is 0. The summed E-state index contributed by atoms with van der Waals surface area (Å²) in [6.07, 6.45) is 0.471. The summed E-state index contributed by atoms with van der Waals surface area (Å²) in [5, 5.41) is 7.57. The zero-order chi connectivity index (χ0) is 8.62. The molecule has 0 rings (SSSR count). The van der Waals surface area contributed by atoms with E-state index in [2.05, 4.69) is 0 Å². The summed E-state index contributed by atoms with van der Waals surface area (Å²) in [5.74, 6) is -0.132. The minimum atomic E-state index is -3.67. The van der Waals surface area contributed by atoms with Gasteiger partial charge in [0.05, 0.1) is 5.75 Å². The van der Waals surface area contributed by atoms with Crippen molar-refractivity contribution in [2.75, 3.05) is 12.4 Å². The molecule has 0 bridgehead atoms. The van der Waals surface area contributed by atoms with Crippen LogP contribution in [0.2, 0.25) is 0 Å². The molecule has 0 spiro atoms. The van der Waals surface area contributed by atoms with Crippen molar-refractivity contribution in [3.63, 3.8) is 0 Å². The lowest BCUT2D eigenvalue weighted by atomic mass is 10.6. The number of rotatable bonds is 2. The lowest BCUT2D eigenvalue weighted by Gasteiger charge is -1.85. The molecule has 0 unspecified atom stereocenters. The monoisotopic (exact) mass is 170 g/mol. The highest BCUT2D eigenvalue weighted by Crippen LogP contribution is 1.83. The molecule has 0 saturated carbocycles. The molecule has 0 radical (unpaired) electrons. The summed E-state index contributed by atoms with van der Waals surface area (Å²) >= 11 is 0. The second-order valence-corrected chi connectivity index (χ2v) is 3.17. The van der Waals surface area contributed by atoms with E-state index in [1.165, 1.54) is 0 Å². The van der Waals surface area contributed by atoms with Crippen molar-refractivity contribution in [3.05, 3.63) is 0 Å². The maximum Gasteiger partial charge on any atom is 0.264 e. The highest BCUT2D eigenvalue weighted by atomic mass is 32.2. The third-order valence-electron chi connectivity index (χ3n) is 0.462. The first kappa shape index (κ1) is 12.5. The van der Waals surface area contributed by atoms with Crippen LogP contribution in [0.1, 0.15) is 20.3 Å². The van der Waals surface area contributed by atoms with Gasteiger partial charge in [0.2, 0.25) is 0 Å². The van der Waals surface area contributed by atoms with Crippen molar-refractivity contribution in [1.29, 1.82) is 0 Å². The van der Waals surface area contributed by atoms with Crippen LogP contribution >= 0.6 is 0 Å². The van der Waals surface area contributed by atoms with Gasteiger partial charge in [0.25, 0.3) is 10.1 Å². The fraction of sp³-hybridized carbons (Fsp3) is 1.00. The Balaban J connectivity index is 0. The van der Waals surface area contributed by atoms with Crippen molar-refractivity contribution < 1.29 is 18.1 Å². The minimum absolute atomic E-state index is 0.132. The summed E-state index contributed by atoms with van der Waals surface area (Å²) in [6.45, 7) is 3.62. The van der Waals surface area contributed by atoms with E-state index in [1.807, 2.05) is 0 Å². The molecule has 64 valence electrons. The molecule has 0 aliphatic carbocycles. The van der Waals surface area contributed by atoms with Gasteiger partial charge in [-0.2, -0.15) is 8.42 Å². The van der Waals surface area contributed by atoms with Crippen LogP contribution in [0.15, 0.2) is 0 Å². The molecule has 5 heteroatoms. The van der Waals surface area contributed by atoms with E-state index in [0.29, 0.717) is 6.42 Å². The zero-order valence-electron chi connectivity index (χ0n) is 6.24. The van der Waals surface area contributed by atoms with Crippen molar-refractivity contribution in [2.45, 2.75) is 20.3 Å². The predicted octanol–water partition coefficient (Wildman–Crippen LogP) is 0.283. The van der Waals surface area contributed by atoms with Crippen LogP contribution in [0.4, 0.5) is 0 Å². The van der Waals surface area contributed by atoms with Crippen molar-refractivity contribution >= 4 is 10.1 Å². The third kappa shape index (κ3) is 24.8. The summed E-state index contributed by atoms with van der Waals surface area (Å²) < 4.78 is 27.6. The van der Waals surface area contributed by atoms with Crippen molar-refractivity contribution in [3.8, 4) is 0 Å². The standard InChI is InChI=1S/C3H8O3S.C2H6O/c1-2-3-7(4,5)6;1-2-3/h2-3H2,1H3,(H,4,5,6);3H,2H2,1H3. The summed E-state index contributed by atoms with van der Waals surface area (Å²) in [5.41, 5.74) is 0. The molecule has 0 fully saturated rings. The van der Waals surface area contributed by atoms with Gasteiger partial charge in [-0.15, -0.1) is 0 Å². The Hall–Kier alpha value is -0.130. The van der Waals surface area contributed by atoms with Gasteiger partial charge in [-0.3, -0.25) is 4.55 Å². The van der Waals surface area contributed by atoms with E-state index in [9.17, 15) is 8.42 Å². The molecule has 0 aromatic carbocycles. The highest BCUT2D eigenvalue weighted by molar-refractivity contribution is 7.85. The Morgan fingerprint density at radius 1 is 1.30 bits per heavy atom. The smallest absolute Gasteiger partial charge is 0.264 e. The van der Waals surface area contributed by atoms with Crippen LogP contribution in [0.5, 0.6) is 0 Å². The molecule has 2 N–H and O–H groups in total. The van der Waals surface area contributed by atoms with Crippen molar-refractivity contribution in [2.24, 2.45) is 0 Å². The molecule has 0 heterocycles. The van der Waals surface area contributed by atoms with Gasteiger partial charge in [0.1, 0.15) is 0 Å². The fourth-order valence-electron chi connectivity index (χ4n) is 0.258. The van der Waals surface area contributed by atoms with Crippen molar-refractivity contribution in [1.82, 2.24) is 0 Å². The first-order valence-electron chi connectivity index (χ1n) is 3.04. The molecule has 10 heavy (non-hydrogen) atoms. The van der Waals surface area contributed by atoms with Crippen LogP contribution in [0.25, 0.3) is 0 Å². The average molecular weight is 170 g/mol. The Morgan fingerprint density at radius 3 is 1.60 bits per heavy atom. The Bertz CT molecular complexity index is 138. The van der Waals surface area contributed by atoms with Crippen LogP contribution in [0, 0.1) is 0 Å². The Labute approximate surface area is 61.6 Å². The van der Waals surface area contributed by atoms with Gasteiger partial charge in [0.15, 0.2) is 0 Å². The second-order valence-electron chi connectivity index (χ2n) is 1.60. The van der Waals surface area contributed by atoms with Gasteiger partial charge in [-0.25, -0.2) is 0 Å². The number of aliphatic hydroxyl groups is 1. The lowest BCUT2D eigenvalue weighted by molar-refractivity contribution is 0.318. The van der Waals surface area contributed by atoms with Gasteiger partial charge in [-0.1, -0.05) is 6.92 Å². The number of hydrogen-bond donors (Lipinski definition) is 2. The van der Waals surface area contributed by atoms with E-state index < -0.39 is 10.1 Å². The molecular formula is C5H14O4S. The zero-order valence-corrected chi connectivity index (χ0v) is 7.06. The van der Waals surface area contributed by atoms with Crippen LogP contribution < -0.4 is 0 Å². The SMILES string of the molecule is CCCS(=O)(=O)O.CCO. The Morgan fingerprint density at radius 2 is 1.60 bits per heavy atom. The van der Waals surface area contributed by atoms with E-state index in [0.717, 1.165) is 0 Å². The highest BCUT2D eigenvalue weighted by Gasteiger charge is 1.98. The van der Waals surface area contributed by atoms with Gasteiger partial charge in [0, 0.05) is 6.61 Å². The Kier molecular flexibility index (Phi) is 8.75.